The molecule has 0 aliphatic carbocycles. The number of carbonyl (C=O) groups is 1. The molecule has 2 heterocycles. The number of nitrogens with zero attached hydrogens (tertiary/aromatic N) is 2. The Morgan fingerprint density at radius 3 is 2.32 bits per heavy atom. The first-order valence-electron chi connectivity index (χ1n) is 7.42. The fourth-order valence-electron chi connectivity index (χ4n) is 2.51. The van der Waals surface area contributed by atoms with Gasteiger partial charge >= 0.3 is 0 Å². The Balaban J connectivity index is 0.00000225. The molecule has 0 spiro atoms. The summed E-state index contributed by atoms with van der Waals surface area (Å²) in [6.07, 6.45) is 1.58. The van der Waals surface area contributed by atoms with Crippen LogP contribution in [0.2, 0.25) is 0 Å². The van der Waals surface area contributed by atoms with Gasteiger partial charge in [-0.1, -0.05) is 0 Å². The highest BCUT2D eigenvalue weighted by Crippen LogP contribution is 2.18. The maximum absolute atomic E-state index is 13.6. The Morgan fingerprint density at radius 1 is 1.12 bits per heavy atom. The van der Waals surface area contributed by atoms with Crippen LogP contribution in [0, 0.1) is 17.5 Å². The second-order valence-electron chi connectivity index (χ2n) is 5.34. The summed E-state index contributed by atoms with van der Waals surface area (Å²) in [5.74, 6) is -4.47. The van der Waals surface area contributed by atoms with Crippen LogP contribution in [-0.2, 0) is 0 Å². The van der Waals surface area contributed by atoms with Gasteiger partial charge in [-0.05, 0) is 12.1 Å². The van der Waals surface area contributed by atoms with Gasteiger partial charge in [-0.3, -0.25) is 4.79 Å². The quantitative estimate of drug-likeness (QED) is 0.869. The molecule has 25 heavy (non-hydrogen) atoms. The average molecular weight is 373 g/mol. The minimum Gasteiger partial charge on any atom is -0.368 e. The number of pyridine rings is 1. The first kappa shape index (κ1) is 19.0. The number of benzene rings is 1. The topological polar surface area (TPSA) is 57.3 Å². The van der Waals surface area contributed by atoms with Crippen molar-refractivity contribution in [1.29, 1.82) is 0 Å². The van der Waals surface area contributed by atoms with Gasteiger partial charge in [0.1, 0.15) is 28.8 Å². The third-order valence-corrected chi connectivity index (χ3v) is 3.71. The largest absolute Gasteiger partial charge is 0.368 e. The van der Waals surface area contributed by atoms with Gasteiger partial charge in [-0.25, -0.2) is 18.2 Å². The van der Waals surface area contributed by atoms with Crippen molar-refractivity contribution in [1.82, 2.24) is 10.3 Å². The normalized spacial score (nSPS) is 14.0. The number of anilines is 2. The highest BCUT2D eigenvalue weighted by molar-refractivity contribution is 6.04. The smallest absolute Gasteiger partial charge is 0.262 e. The molecule has 0 unspecified atom stereocenters. The summed E-state index contributed by atoms with van der Waals surface area (Å²) in [4.78, 5) is 18.2. The van der Waals surface area contributed by atoms with Crippen molar-refractivity contribution in [3.8, 4) is 0 Å². The molecule has 1 saturated heterocycles. The molecule has 0 radical (unpaired) electrons. The minimum atomic E-state index is -1.26. The van der Waals surface area contributed by atoms with E-state index in [0.717, 1.165) is 31.9 Å². The molecule has 1 aliphatic heterocycles. The highest BCUT2D eigenvalue weighted by Gasteiger charge is 2.19. The van der Waals surface area contributed by atoms with Crippen LogP contribution >= 0.6 is 12.4 Å². The standard InChI is InChI=1S/C16H15F3N4O.ClH/c17-10-7-12(18)15(13(19)8-10)16(24)22-14-2-1-11(9-21-14)23-5-3-20-4-6-23;/h1-2,7-9,20H,3-6H2,(H,21,22,24);1H. The van der Waals surface area contributed by atoms with E-state index in [1.54, 1.807) is 18.3 Å². The fraction of sp³-hybridized carbons (Fsp3) is 0.250. The third-order valence-electron chi connectivity index (χ3n) is 3.71. The van der Waals surface area contributed by atoms with Crippen LogP contribution in [0.5, 0.6) is 0 Å². The fourth-order valence-corrected chi connectivity index (χ4v) is 2.51. The number of halogens is 4. The lowest BCUT2D eigenvalue weighted by Gasteiger charge is -2.29. The van der Waals surface area contributed by atoms with Crippen molar-refractivity contribution >= 4 is 29.8 Å². The molecule has 2 N–H and O–H groups in total. The van der Waals surface area contributed by atoms with Crippen molar-refractivity contribution in [2.75, 3.05) is 36.4 Å². The summed E-state index contributed by atoms with van der Waals surface area (Å²) >= 11 is 0. The Morgan fingerprint density at radius 2 is 1.76 bits per heavy atom. The van der Waals surface area contributed by atoms with Crippen molar-refractivity contribution in [2.45, 2.75) is 0 Å². The Labute approximate surface area is 148 Å². The molecule has 1 fully saturated rings. The number of nitrogens with one attached hydrogen (secondary N) is 2. The summed E-state index contributed by atoms with van der Waals surface area (Å²) in [7, 11) is 0. The number of amides is 1. The Hall–Kier alpha value is -2.32. The lowest BCUT2D eigenvalue weighted by Crippen LogP contribution is -2.43. The minimum absolute atomic E-state index is 0. The zero-order valence-corrected chi connectivity index (χ0v) is 13.9. The molecule has 9 heteroatoms. The van der Waals surface area contributed by atoms with E-state index in [2.05, 4.69) is 20.5 Å². The van der Waals surface area contributed by atoms with Gasteiger partial charge in [0.2, 0.25) is 0 Å². The Kier molecular flexibility index (Phi) is 6.22. The van der Waals surface area contributed by atoms with Crippen molar-refractivity contribution < 1.29 is 18.0 Å². The predicted octanol–water partition coefficient (Wildman–Crippen LogP) is 2.58. The first-order chi connectivity index (χ1) is 11.5. The van der Waals surface area contributed by atoms with Gasteiger partial charge in [0, 0.05) is 38.3 Å². The number of hydrogen-bond acceptors (Lipinski definition) is 4. The highest BCUT2D eigenvalue weighted by atomic mass is 35.5. The molecule has 0 saturated carbocycles. The molecule has 0 bridgehead atoms. The van der Waals surface area contributed by atoms with E-state index in [1.807, 2.05) is 0 Å². The summed E-state index contributed by atoms with van der Waals surface area (Å²) in [5.41, 5.74) is 0.0537. The van der Waals surface area contributed by atoms with Crippen molar-refractivity contribution in [3.05, 3.63) is 53.5 Å². The van der Waals surface area contributed by atoms with Gasteiger partial charge in [0.15, 0.2) is 0 Å². The van der Waals surface area contributed by atoms with Gasteiger partial charge < -0.3 is 15.5 Å². The number of aromatic nitrogens is 1. The van der Waals surface area contributed by atoms with Gasteiger partial charge in [0.05, 0.1) is 11.9 Å². The van der Waals surface area contributed by atoms with E-state index >= 15 is 0 Å². The van der Waals surface area contributed by atoms with Crippen molar-refractivity contribution in [2.24, 2.45) is 0 Å². The molecule has 1 aromatic heterocycles. The second-order valence-corrected chi connectivity index (χ2v) is 5.34. The van der Waals surface area contributed by atoms with Crippen LogP contribution in [-0.4, -0.2) is 37.1 Å². The zero-order chi connectivity index (χ0) is 17.1. The van der Waals surface area contributed by atoms with Gasteiger partial charge in [0.25, 0.3) is 5.91 Å². The predicted molar refractivity (Wildman–Crippen MR) is 90.8 cm³/mol. The Bertz CT molecular complexity index is 729. The van der Waals surface area contributed by atoms with Crippen LogP contribution in [0.3, 0.4) is 0 Å². The van der Waals surface area contributed by atoms with E-state index in [0.29, 0.717) is 12.1 Å². The number of carbonyl (C=O) groups excluding carboxylic acids is 1. The van der Waals surface area contributed by atoms with E-state index in [9.17, 15) is 18.0 Å². The number of piperazine rings is 1. The molecule has 3 rings (SSSR count). The maximum Gasteiger partial charge on any atom is 0.262 e. The van der Waals surface area contributed by atoms with Crippen LogP contribution in [0.25, 0.3) is 0 Å². The molecule has 1 aromatic carbocycles. The van der Waals surface area contributed by atoms with E-state index in [1.165, 1.54) is 0 Å². The first-order valence-corrected chi connectivity index (χ1v) is 7.42. The number of rotatable bonds is 3. The lowest BCUT2D eigenvalue weighted by molar-refractivity contribution is 0.101. The third kappa shape index (κ3) is 4.40. The summed E-state index contributed by atoms with van der Waals surface area (Å²) in [6.45, 7) is 3.45. The van der Waals surface area contributed by atoms with Crippen LogP contribution in [0.1, 0.15) is 10.4 Å². The molecular weight excluding hydrogens is 357 g/mol. The number of hydrogen-bond donors (Lipinski definition) is 2. The average Bonchev–Trinajstić information content (AvgIpc) is 2.55. The summed E-state index contributed by atoms with van der Waals surface area (Å²) in [6, 6.07) is 4.23. The lowest BCUT2D eigenvalue weighted by atomic mass is 10.1. The molecule has 0 atom stereocenters. The van der Waals surface area contributed by atoms with E-state index < -0.39 is 28.9 Å². The van der Waals surface area contributed by atoms with Gasteiger partial charge in [-0.2, -0.15) is 0 Å². The maximum atomic E-state index is 13.6. The molecule has 2 aromatic rings. The molecule has 5 nitrogen and oxygen atoms in total. The van der Waals surface area contributed by atoms with Gasteiger partial charge in [-0.15, -0.1) is 12.4 Å². The SMILES string of the molecule is Cl.O=C(Nc1ccc(N2CCNCC2)cn1)c1c(F)cc(F)cc1F. The molecule has 134 valence electrons. The van der Waals surface area contributed by atoms with E-state index in [4.69, 9.17) is 0 Å². The molecular formula is C16H16ClF3N4O. The van der Waals surface area contributed by atoms with E-state index in [-0.39, 0.29) is 18.2 Å². The summed E-state index contributed by atoms with van der Waals surface area (Å²) < 4.78 is 40.1. The second kappa shape index (κ2) is 8.17. The summed E-state index contributed by atoms with van der Waals surface area (Å²) in [5, 5.41) is 5.54. The molecule has 1 amide bonds. The van der Waals surface area contributed by atoms with Crippen LogP contribution in [0.4, 0.5) is 24.7 Å². The zero-order valence-electron chi connectivity index (χ0n) is 13.1. The monoisotopic (exact) mass is 372 g/mol. The van der Waals surface area contributed by atoms with Crippen LogP contribution in [0.15, 0.2) is 30.5 Å². The molecule has 1 aliphatic rings. The van der Waals surface area contributed by atoms with Crippen LogP contribution < -0.4 is 15.5 Å². The van der Waals surface area contributed by atoms with Crippen molar-refractivity contribution in [3.63, 3.8) is 0 Å².